The van der Waals surface area contributed by atoms with Gasteiger partial charge in [0.05, 0.1) is 0 Å². The minimum absolute atomic E-state index is 0.153. The molecule has 0 rings (SSSR count). The van der Waals surface area contributed by atoms with Gasteiger partial charge in [0.1, 0.15) is 17.3 Å². The Bertz CT molecular complexity index is 364. The van der Waals surface area contributed by atoms with Crippen LogP contribution in [-0.2, 0) is 14.4 Å². The molecule has 0 aromatic rings. The predicted molar refractivity (Wildman–Crippen MR) is 94.6 cm³/mol. The van der Waals surface area contributed by atoms with E-state index >= 15 is 0 Å². The number of Topliss-reactive ketones (excluding diaryl/α,β-unsaturated/α-hetero) is 3. The number of rotatable bonds is 15. The van der Waals surface area contributed by atoms with E-state index < -0.39 is 0 Å². The van der Waals surface area contributed by atoms with Crippen LogP contribution in [0.5, 0.6) is 0 Å². The zero-order valence-electron chi connectivity index (χ0n) is 15.5. The average Bonchev–Trinajstić information content (AvgIpc) is 2.47. The van der Waals surface area contributed by atoms with Crippen LogP contribution in [-0.4, -0.2) is 42.4 Å². The van der Waals surface area contributed by atoms with E-state index in [9.17, 15) is 14.4 Å². The monoisotopic (exact) mass is 325 g/mol. The summed E-state index contributed by atoms with van der Waals surface area (Å²) in [6.07, 6.45) is 7.06. The van der Waals surface area contributed by atoms with Gasteiger partial charge in [0, 0.05) is 31.6 Å². The van der Waals surface area contributed by atoms with Gasteiger partial charge in [-0.3, -0.25) is 9.59 Å². The Morgan fingerprint density at radius 1 is 0.783 bits per heavy atom. The van der Waals surface area contributed by atoms with Crippen molar-refractivity contribution in [2.45, 2.75) is 78.6 Å². The molecule has 0 bridgehead atoms. The molecule has 0 aliphatic rings. The molecule has 4 heteroatoms. The Hall–Kier alpha value is -1.03. The zero-order valence-corrected chi connectivity index (χ0v) is 15.5. The molecule has 0 heterocycles. The summed E-state index contributed by atoms with van der Waals surface area (Å²) in [5.41, 5.74) is 0. The first-order valence-corrected chi connectivity index (χ1v) is 9.05. The first kappa shape index (κ1) is 22.0. The first-order chi connectivity index (χ1) is 10.8. The van der Waals surface area contributed by atoms with Gasteiger partial charge in [-0.25, -0.2) is 0 Å². The van der Waals surface area contributed by atoms with Crippen molar-refractivity contribution in [1.29, 1.82) is 0 Å². The van der Waals surface area contributed by atoms with Crippen LogP contribution in [0.2, 0.25) is 0 Å². The normalized spacial score (nSPS) is 11.2. The molecule has 0 aliphatic heterocycles. The highest BCUT2D eigenvalue weighted by molar-refractivity contribution is 5.80. The second kappa shape index (κ2) is 13.4. The van der Waals surface area contributed by atoms with Crippen molar-refractivity contribution < 1.29 is 14.4 Å². The Kier molecular flexibility index (Phi) is 12.8. The topological polar surface area (TPSA) is 54.5 Å². The highest BCUT2D eigenvalue weighted by atomic mass is 16.1. The van der Waals surface area contributed by atoms with Crippen LogP contribution in [0, 0.1) is 5.92 Å². The van der Waals surface area contributed by atoms with Crippen molar-refractivity contribution in [2.75, 3.05) is 20.1 Å². The summed E-state index contributed by atoms with van der Waals surface area (Å²) >= 11 is 0. The van der Waals surface area contributed by atoms with Gasteiger partial charge >= 0.3 is 0 Å². The summed E-state index contributed by atoms with van der Waals surface area (Å²) in [6.45, 7) is 7.49. The summed E-state index contributed by atoms with van der Waals surface area (Å²) < 4.78 is 0. The van der Waals surface area contributed by atoms with E-state index in [2.05, 4.69) is 11.9 Å². The quantitative estimate of drug-likeness (QED) is 0.430. The number of nitrogens with zero attached hydrogens (tertiary/aromatic N) is 1. The zero-order chi connectivity index (χ0) is 17.7. The van der Waals surface area contributed by atoms with E-state index in [1.807, 2.05) is 13.8 Å². The molecule has 0 saturated heterocycles. The summed E-state index contributed by atoms with van der Waals surface area (Å²) in [5.74, 6) is 0.951. The maximum atomic E-state index is 11.6. The average molecular weight is 325 g/mol. The molecule has 134 valence electrons. The fourth-order valence-corrected chi connectivity index (χ4v) is 2.44. The molecule has 0 fully saturated rings. The number of carbonyl (C=O) groups is 3. The van der Waals surface area contributed by atoms with Crippen LogP contribution in [0.1, 0.15) is 78.6 Å². The smallest absolute Gasteiger partial charge is 0.135 e. The number of hydrogen-bond donors (Lipinski definition) is 0. The lowest BCUT2D eigenvalue weighted by molar-refractivity contribution is -0.122. The largest absolute Gasteiger partial charge is 0.306 e. The maximum Gasteiger partial charge on any atom is 0.135 e. The van der Waals surface area contributed by atoms with Crippen LogP contribution in [0.25, 0.3) is 0 Å². The number of ketones is 3. The number of hydrogen-bond acceptors (Lipinski definition) is 4. The van der Waals surface area contributed by atoms with Crippen LogP contribution < -0.4 is 0 Å². The lowest BCUT2D eigenvalue weighted by Gasteiger charge is -2.16. The van der Waals surface area contributed by atoms with Gasteiger partial charge in [0.15, 0.2) is 0 Å². The molecule has 4 nitrogen and oxygen atoms in total. The van der Waals surface area contributed by atoms with Gasteiger partial charge in [0.25, 0.3) is 0 Å². The van der Waals surface area contributed by atoms with Crippen LogP contribution in [0.15, 0.2) is 0 Å². The molecule has 0 N–H and O–H groups in total. The van der Waals surface area contributed by atoms with Crippen molar-refractivity contribution in [3.8, 4) is 0 Å². The van der Waals surface area contributed by atoms with Gasteiger partial charge < -0.3 is 9.69 Å². The number of carbonyl (C=O) groups excluding carboxylic acids is 3. The molecular formula is C19H35NO3. The van der Waals surface area contributed by atoms with Crippen LogP contribution in [0.4, 0.5) is 0 Å². The summed E-state index contributed by atoms with van der Waals surface area (Å²) in [4.78, 5) is 36.2. The van der Waals surface area contributed by atoms with Crippen molar-refractivity contribution in [2.24, 2.45) is 5.92 Å². The van der Waals surface area contributed by atoms with Crippen molar-refractivity contribution in [1.82, 2.24) is 4.90 Å². The molecular weight excluding hydrogens is 290 g/mol. The van der Waals surface area contributed by atoms with Gasteiger partial charge in [-0.15, -0.1) is 0 Å². The molecule has 0 amide bonds. The van der Waals surface area contributed by atoms with E-state index in [4.69, 9.17) is 0 Å². The van der Waals surface area contributed by atoms with Crippen molar-refractivity contribution in [3.05, 3.63) is 0 Å². The standard InChI is InChI=1S/C19H35NO3/c1-16(2)19(23)13-6-8-15-20(4)14-7-5-11-18(22)12-9-10-17(3)21/h16H,5-15H2,1-4H3. The molecule has 0 aromatic heterocycles. The summed E-state index contributed by atoms with van der Waals surface area (Å²) in [7, 11) is 2.10. The third-order valence-corrected chi connectivity index (χ3v) is 4.09. The van der Waals surface area contributed by atoms with E-state index in [0.29, 0.717) is 37.9 Å². The molecule has 0 saturated carbocycles. The fraction of sp³-hybridized carbons (Fsp3) is 0.842. The van der Waals surface area contributed by atoms with Crippen molar-refractivity contribution in [3.63, 3.8) is 0 Å². The van der Waals surface area contributed by atoms with E-state index in [-0.39, 0.29) is 17.5 Å². The van der Waals surface area contributed by atoms with Crippen LogP contribution in [0.3, 0.4) is 0 Å². The second-order valence-corrected chi connectivity index (χ2v) is 6.93. The minimum Gasteiger partial charge on any atom is -0.306 e. The Morgan fingerprint density at radius 2 is 1.30 bits per heavy atom. The molecule has 0 aromatic carbocycles. The summed E-state index contributed by atoms with van der Waals surface area (Å²) in [5, 5.41) is 0. The van der Waals surface area contributed by atoms with Gasteiger partial charge in [-0.2, -0.15) is 0 Å². The first-order valence-electron chi connectivity index (χ1n) is 9.05. The van der Waals surface area contributed by atoms with Gasteiger partial charge in [-0.05, 0) is 59.2 Å². The van der Waals surface area contributed by atoms with Crippen molar-refractivity contribution >= 4 is 17.3 Å². The third-order valence-electron chi connectivity index (χ3n) is 4.09. The SMILES string of the molecule is CC(=O)CCCC(=O)CCCCN(C)CCCCC(=O)C(C)C. The van der Waals surface area contributed by atoms with E-state index in [1.54, 1.807) is 6.92 Å². The predicted octanol–water partition coefficient (Wildman–Crippen LogP) is 3.81. The number of unbranched alkanes of at least 4 members (excludes halogenated alkanes) is 2. The minimum atomic E-state index is 0.153. The second-order valence-electron chi connectivity index (χ2n) is 6.93. The highest BCUT2D eigenvalue weighted by Crippen LogP contribution is 2.07. The molecule has 0 aliphatic carbocycles. The molecule has 0 atom stereocenters. The molecule has 23 heavy (non-hydrogen) atoms. The Morgan fingerprint density at radius 3 is 1.83 bits per heavy atom. The Labute approximate surface area is 142 Å². The molecule has 0 radical (unpaired) electrons. The Balaban J connectivity index is 3.49. The molecule has 0 spiro atoms. The fourth-order valence-electron chi connectivity index (χ4n) is 2.44. The van der Waals surface area contributed by atoms with Crippen LogP contribution >= 0.6 is 0 Å². The maximum absolute atomic E-state index is 11.6. The lowest BCUT2D eigenvalue weighted by Crippen LogP contribution is -2.21. The van der Waals surface area contributed by atoms with Gasteiger partial charge in [0.2, 0.25) is 0 Å². The van der Waals surface area contributed by atoms with E-state index in [1.165, 1.54) is 0 Å². The molecule has 0 unspecified atom stereocenters. The third kappa shape index (κ3) is 14.3. The van der Waals surface area contributed by atoms with E-state index in [0.717, 1.165) is 38.8 Å². The lowest BCUT2D eigenvalue weighted by atomic mass is 10.0. The summed E-state index contributed by atoms with van der Waals surface area (Å²) in [6, 6.07) is 0. The van der Waals surface area contributed by atoms with Gasteiger partial charge in [-0.1, -0.05) is 13.8 Å². The highest BCUT2D eigenvalue weighted by Gasteiger charge is 2.07.